The van der Waals surface area contributed by atoms with Crippen LogP contribution in [0.3, 0.4) is 0 Å². The van der Waals surface area contributed by atoms with Gasteiger partial charge in [-0.05, 0) is 25.3 Å². The molecule has 0 aromatic heterocycles. The van der Waals surface area contributed by atoms with Crippen LogP contribution in [-0.4, -0.2) is 64.4 Å². The van der Waals surface area contributed by atoms with Gasteiger partial charge in [-0.3, -0.25) is 0 Å². The summed E-state index contributed by atoms with van der Waals surface area (Å²) in [6, 6.07) is 0. The van der Waals surface area contributed by atoms with E-state index in [4.69, 9.17) is 14.2 Å². The lowest BCUT2D eigenvalue weighted by molar-refractivity contribution is 0.0261. The Labute approximate surface area is 117 Å². The first kappa shape index (κ1) is 18.8. The number of methoxy groups -OCH3 is 1. The fourth-order valence-electron chi connectivity index (χ4n) is 1.47. The lowest BCUT2D eigenvalue weighted by atomic mass is 10.2. The number of hydrogen-bond acceptors (Lipinski definition) is 5. The first-order valence-corrected chi connectivity index (χ1v) is 7.20. The lowest BCUT2D eigenvalue weighted by Crippen LogP contribution is -2.31. The summed E-state index contributed by atoms with van der Waals surface area (Å²) in [5.74, 6) is 0.512. The molecular formula is C14H31NO4. The molecule has 0 aromatic rings. The summed E-state index contributed by atoms with van der Waals surface area (Å²) in [4.78, 5) is 0. The molecule has 0 fully saturated rings. The summed E-state index contributed by atoms with van der Waals surface area (Å²) in [5, 5.41) is 12.9. The molecule has 1 atom stereocenters. The predicted molar refractivity (Wildman–Crippen MR) is 76.5 cm³/mol. The van der Waals surface area contributed by atoms with Gasteiger partial charge in [-0.25, -0.2) is 0 Å². The average Bonchev–Trinajstić information content (AvgIpc) is 2.36. The third-order valence-electron chi connectivity index (χ3n) is 2.47. The molecule has 0 radical (unpaired) electrons. The van der Waals surface area contributed by atoms with Gasteiger partial charge in [-0.1, -0.05) is 13.8 Å². The van der Waals surface area contributed by atoms with Crippen LogP contribution in [0.4, 0.5) is 0 Å². The van der Waals surface area contributed by atoms with Crippen molar-refractivity contribution < 1.29 is 19.3 Å². The molecule has 0 rings (SSSR count). The summed E-state index contributed by atoms with van der Waals surface area (Å²) in [5.41, 5.74) is 0. The van der Waals surface area contributed by atoms with Gasteiger partial charge in [0.25, 0.3) is 0 Å². The monoisotopic (exact) mass is 277 g/mol. The molecule has 0 saturated heterocycles. The summed E-state index contributed by atoms with van der Waals surface area (Å²) in [6.45, 7) is 8.87. The molecule has 2 N–H and O–H groups in total. The Bertz CT molecular complexity index is 179. The number of nitrogens with one attached hydrogen (secondary N) is 1. The molecule has 0 aliphatic carbocycles. The molecule has 19 heavy (non-hydrogen) atoms. The van der Waals surface area contributed by atoms with Gasteiger partial charge in [-0.15, -0.1) is 0 Å². The van der Waals surface area contributed by atoms with E-state index in [2.05, 4.69) is 19.2 Å². The topological polar surface area (TPSA) is 60.0 Å². The van der Waals surface area contributed by atoms with Gasteiger partial charge in [0.05, 0.1) is 25.9 Å². The van der Waals surface area contributed by atoms with Crippen LogP contribution in [0.15, 0.2) is 0 Å². The highest BCUT2D eigenvalue weighted by molar-refractivity contribution is 4.58. The number of unbranched alkanes of at least 4 members (excludes halogenated alkanes) is 1. The minimum atomic E-state index is -0.420. The molecule has 0 aromatic carbocycles. The largest absolute Gasteiger partial charge is 0.389 e. The Kier molecular flexibility index (Phi) is 14.1. The van der Waals surface area contributed by atoms with Crippen LogP contribution in [0.25, 0.3) is 0 Å². The van der Waals surface area contributed by atoms with Gasteiger partial charge in [-0.2, -0.15) is 0 Å². The molecule has 116 valence electrons. The Morgan fingerprint density at radius 2 is 1.79 bits per heavy atom. The van der Waals surface area contributed by atoms with Crippen LogP contribution in [0, 0.1) is 5.92 Å². The summed E-state index contributed by atoms with van der Waals surface area (Å²) in [6.07, 6.45) is 1.65. The standard InChI is InChI=1S/C14H31NO4/c1-13(2)11-19-12-14(16)10-15-6-4-5-7-18-9-8-17-3/h13-16H,4-12H2,1-3H3. The van der Waals surface area contributed by atoms with Crippen molar-refractivity contribution in [3.63, 3.8) is 0 Å². The number of aliphatic hydroxyl groups excluding tert-OH is 1. The first-order valence-electron chi connectivity index (χ1n) is 7.20. The van der Waals surface area contributed by atoms with E-state index < -0.39 is 6.10 Å². The summed E-state index contributed by atoms with van der Waals surface area (Å²) >= 11 is 0. The SMILES string of the molecule is COCCOCCCCNCC(O)COCC(C)C. The van der Waals surface area contributed by atoms with Crippen molar-refractivity contribution in [1.29, 1.82) is 0 Å². The van der Waals surface area contributed by atoms with Crippen LogP contribution in [0.2, 0.25) is 0 Å². The zero-order valence-electron chi connectivity index (χ0n) is 12.7. The fraction of sp³-hybridized carbons (Fsp3) is 1.00. The third kappa shape index (κ3) is 15.7. The van der Waals surface area contributed by atoms with Crippen molar-refractivity contribution in [3.8, 4) is 0 Å². The van der Waals surface area contributed by atoms with E-state index in [-0.39, 0.29) is 0 Å². The van der Waals surface area contributed by atoms with E-state index in [1.54, 1.807) is 7.11 Å². The quantitative estimate of drug-likeness (QED) is 0.465. The van der Waals surface area contributed by atoms with E-state index in [1.165, 1.54) is 0 Å². The smallest absolute Gasteiger partial charge is 0.0897 e. The molecule has 1 unspecified atom stereocenters. The van der Waals surface area contributed by atoms with Gasteiger partial charge >= 0.3 is 0 Å². The minimum Gasteiger partial charge on any atom is -0.389 e. The van der Waals surface area contributed by atoms with Crippen molar-refractivity contribution in [1.82, 2.24) is 5.32 Å². The highest BCUT2D eigenvalue weighted by Crippen LogP contribution is 1.94. The first-order chi connectivity index (χ1) is 9.16. The van der Waals surface area contributed by atoms with Crippen LogP contribution in [-0.2, 0) is 14.2 Å². The van der Waals surface area contributed by atoms with Crippen LogP contribution in [0.1, 0.15) is 26.7 Å². The fourth-order valence-corrected chi connectivity index (χ4v) is 1.47. The molecule has 0 aliphatic rings. The highest BCUT2D eigenvalue weighted by Gasteiger charge is 2.04. The molecule has 0 spiro atoms. The average molecular weight is 277 g/mol. The second kappa shape index (κ2) is 14.2. The predicted octanol–water partition coefficient (Wildman–Crippen LogP) is 1.05. The van der Waals surface area contributed by atoms with Gasteiger partial charge in [0.1, 0.15) is 0 Å². The van der Waals surface area contributed by atoms with Crippen molar-refractivity contribution in [2.45, 2.75) is 32.8 Å². The number of aliphatic hydroxyl groups is 1. The van der Waals surface area contributed by atoms with E-state index in [0.717, 1.165) is 26.0 Å². The van der Waals surface area contributed by atoms with Crippen molar-refractivity contribution in [2.24, 2.45) is 5.92 Å². The zero-order chi connectivity index (χ0) is 14.3. The van der Waals surface area contributed by atoms with Crippen molar-refractivity contribution in [3.05, 3.63) is 0 Å². The zero-order valence-corrected chi connectivity index (χ0v) is 12.7. The maximum Gasteiger partial charge on any atom is 0.0897 e. The molecule has 5 nitrogen and oxygen atoms in total. The van der Waals surface area contributed by atoms with E-state index in [0.29, 0.717) is 38.9 Å². The normalized spacial score (nSPS) is 13.1. The summed E-state index contributed by atoms with van der Waals surface area (Å²) < 4.78 is 15.6. The maximum absolute atomic E-state index is 9.64. The Morgan fingerprint density at radius 3 is 2.47 bits per heavy atom. The van der Waals surface area contributed by atoms with Gasteiger partial charge in [0.2, 0.25) is 0 Å². The van der Waals surface area contributed by atoms with E-state index in [1.807, 2.05) is 0 Å². The van der Waals surface area contributed by atoms with Crippen molar-refractivity contribution in [2.75, 3.05) is 53.2 Å². The Balaban J connectivity index is 3.12. The number of rotatable bonds is 14. The van der Waals surface area contributed by atoms with Gasteiger partial charge in [0, 0.05) is 26.9 Å². The molecule has 0 heterocycles. The molecule has 0 aliphatic heterocycles. The molecular weight excluding hydrogens is 246 g/mol. The van der Waals surface area contributed by atoms with Crippen molar-refractivity contribution >= 4 is 0 Å². The summed E-state index contributed by atoms with van der Waals surface area (Å²) in [7, 11) is 1.67. The van der Waals surface area contributed by atoms with E-state index in [9.17, 15) is 5.11 Å². The Morgan fingerprint density at radius 1 is 1.00 bits per heavy atom. The molecule has 5 heteroatoms. The molecule has 0 bridgehead atoms. The lowest BCUT2D eigenvalue weighted by Gasteiger charge is -2.13. The van der Waals surface area contributed by atoms with Crippen LogP contribution < -0.4 is 5.32 Å². The van der Waals surface area contributed by atoms with Gasteiger partial charge < -0.3 is 24.6 Å². The van der Waals surface area contributed by atoms with Crippen LogP contribution >= 0.6 is 0 Å². The maximum atomic E-state index is 9.64. The molecule has 0 amide bonds. The second-order valence-electron chi connectivity index (χ2n) is 5.10. The molecule has 0 saturated carbocycles. The Hall–Kier alpha value is -0.200. The number of hydrogen-bond donors (Lipinski definition) is 2. The second-order valence-corrected chi connectivity index (χ2v) is 5.10. The van der Waals surface area contributed by atoms with Gasteiger partial charge in [0.15, 0.2) is 0 Å². The van der Waals surface area contributed by atoms with Crippen LogP contribution in [0.5, 0.6) is 0 Å². The van der Waals surface area contributed by atoms with E-state index >= 15 is 0 Å². The number of ether oxygens (including phenoxy) is 3. The highest BCUT2D eigenvalue weighted by atomic mass is 16.5. The third-order valence-corrected chi connectivity index (χ3v) is 2.47. The minimum absolute atomic E-state index is 0.408.